The lowest BCUT2D eigenvalue weighted by molar-refractivity contribution is 0.416. The lowest BCUT2D eigenvalue weighted by Crippen LogP contribution is -1.94. The highest BCUT2D eigenvalue weighted by Gasteiger charge is 2.11. The molecule has 0 unspecified atom stereocenters. The van der Waals surface area contributed by atoms with Crippen LogP contribution in [0.3, 0.4) is 0 Å². The van der Waals surface area contributed by atoms with E-state index in [9.17, 15) is 0 Å². The van der Waals surface area contributed by atoms with Crippen LogP contribution in [0.5, 0.6) is 5.75 Å². The van der Waals surface area contributed by atoms with Crippen LogP contribution in [0, 0.1) is 0 Å². The van der Waals surface area contributed by atoms with Gasteiger partial charge in [0.25, 0.3) is 0 Å². The van der Waals surface area contributed by atoms with Gasteiger partial charge in [-0.25, -0.2) is 4.98 Å². The first-order chi connectivity index (χ1) is 11.3. The van der Waals surface area contributed by atoms with E-state index in [0.717, 1.165) is 43.8 Å². The van der Waals surface area contributed by atoms with Gasteiger partial charge in [-0.05, 0) is 19.1 Å². The molecule has 5 nitrogen and oxygen atoms in total. The number of nitrogens with zero attached hydrogens (tertiary/aromatic N) is 3. The Balaban J connectivity index is 1.67. The van der Waals surface area contributed by atoms with Crippen LogP contribution in [0.1, 0.15) is 12.6 Å². The predicted octanol–water partition coefficient (Wildman–Crippen LogP) is 4.39. The molecule has 0 aliphatic carbocycles. The average molecular weight is 365 g/mol. The third kappa shape index (κ3) is 4.01. The summed E-state index contributed by atoms with van der Waals surface area (Å²) >= 11 is 4.86. The molecule has 0 radical (unpaired) electrons. The van der Waals surface area contributed by atoms with E-state index in [4.69, 9.17) is 9.72 Å². The molecule has 2 aromatic heterocycles. The summed E-state index contributed by atoms with van der Waals surface area (Å²) in [4.78, 5) is 4.71. The van der Waals surface area contributed by atoms with E-state index in [-0.39, 0.29) is 0 Å². The second kappa shape index (κ2) is 7.76. The highest BCUT2D eigenvalue weighted by molar-refractivity contribution is 8.00. The number of ether oxygens (including phenoxy) is 1. The van der Waals surface area contributed by atoms with Crippen molar-refractivity contribution in [3.8, 4) is 16.3 Å². The number of anilines is 1. The van der Waals surface area contributed by atoms with Gasteiger partial charge in [-0.1, -0.05) is 35.2 Å². The Morgan fingerprint density at radius 3 is 2.96 bits per heavy atom. The summed E-state index contributed by atoms with van der Waals surface area (Å²) in [7, 11) is 1.68. The van der Waals surface area contributed by atoms with Crippen LogP contribution in [-0.4, -0.2) is 28.8 Å². The van der Waals surface area contributed by atoms with Gasteiger partial charge >= 0.3 is 0 Å². The van der Waals surface area contributed by atoms with Crippen molar-refractivity contribution < 1.29 is 4.74 Å². The Morgan fingerprint density at radius 2 is 2.13 bits per heavy atom. The maximum atomic E-state index is 5.40. The maximum Gasteiger partial charge on any atom is 0.206 e. The minimum absolute atomic E-state index is 0.784. The molecule has 1 aromatic carbocycles. The molecule has 0 saturated heterocycles. The number of hydrogen-bond donors (Lipinski definition) is 1. The second-order valence-electron chi connectivity index (χ2n) is 4.54. The quantitative estimate of drug-likeness (QED) is 0.627. The van der Waals surface area contributed by atoms with Crippen molar-refractivity contribution >= 4 is 39.6 Å². The zero-order valence-corrected chi connectivity index (χ0v) is 15.2. The number of aromatic nitrogens is 3. The molecule has 0 amide bonds. The Labute approximate surface area is 147 Å². The molecule has 0 spiro atoms. The van der Waals surface area contributed by atoms with Crippen molar-refractivity contribution in [1.29, 1.82) is 0 Å². The summed E-state index contributed by atoms with van der Waals surface area (Å²) in [6.07, 6.45) is 0. The van der Waals surface area contributed by atoms with Crippen molar-refractivity contribution in [2.75, 3.05) is 19.0 Å². The first-order valence-corrected chi connectivity index (χ1v) is 9.76. The van der Waals surface area contributed by atoms with Gasteiger partial charge in [-0.15, -0.1) is 21.5 Å². The fourth-order valence-electron chi connectivity index (χ4n) is 1.94. The van der Waals surface area contributed by atoms with E-state index < -0.39 is 0 Å². The number of para-hydroxylation sites is 1. The number of nitrogens with one attached hydrogen (secondary N) is 1. The van der Waals surface area contributed by atoms with Crippen LogP contribution in [-0.2, 0) is 5.75 Å². The summed E-state index contributed by atoms with van der Waals surface area (Å²) in [5, 5.41) is 15.4. The minimum Gasteiger partial charge on any atom is -0.496 e. The lowest BCUT2D eigenvalue weighted by Gasteiger charge is -2.04. The number of thioether (sulfide) groups is 1. The van der Waals surface area contributed by atoms with E-state index >= 15 is 0 Å². The Hall–Kier alpha value is -1.64. The summed E-state index contributed by atoms with van der Waals surface area (Å²) in [6, 6.07) is 7.94. The van der Waals surface area contributed by atoms with E-state index in [1.165, 1.54) is 0 Å². The molecule has 0 aliphatic heterocycles. The molecule has 0 aliphatic rings. The summed E-state index contributed by atoms with van der Waals surface area (Å²) < 4.78 is 6.35. The number of methoxy groups -OCH3 is 1. The third-order valence-electron chi connectivity index (χ3n) is 2.97. The molecular weight excluding hydrogens is 348 g/mol. The lowest BCUT2D eigenvalue weighted by atomic mass is 10.2. The molecule has 0 atom stereocenters. The highest BCUT2D eigenvalue weighted by Crippen LogP contribution is 2.34. The molecule has 3 aromatic rings. The van der Waals surface area contributed by atoms with Gasteiger partial charge in [0, 0.05) is 17.7 Å². The van der Waals surface area contributed by atoms with E-state index in [1.54, 1.807) is 41.5 Å². The number of thiazole rings is 1. The van der Waals surface area contributed by atoms with Crippen LogP contribution in [0.4, 0.5) is 5.13 Å². The molecule has 0 saturated carbocycles. The van der Waals surface area contributed by atoms with Gasteiger partial charge in [0.05, 0.1) is 18.4 Å². The first-order valence-electron chi connectivity index (χ1n) is 7.08. The number of rotatable bonds is 7. The van der Waals surface area contributed by atoms with Gasteiger partial charge in [-0.2, -0.15) is 0 Å². The minimum atomic E-state index is 0.784. The van der Waals surface area contributed by atoms with Crippen molar-refractivity contribution in [2.24, 2.45) is 0 Å². The Morgan fingerprint density at radius 1 is 1.26 bits per heavy atom. The standard InChI is InChI=1S/C15H16N4OS3/c1-3-16-14-18-19-15(23-14)22-9-10-8-21-13(17-10)11-6-4-5-7-12(11)20-2/h4-8H,3,9H2,1-2H3,(H,16,18). The molecule has 23 heavy (non-hydrogen) atoms. The molecule has 2 heterocycles. The van der Waals surface area contributed by atoms with Crippen molar-refractivity contribution in [1.82, 2.24) is 15.2 Å². The van der Waals surface area contributed by atoms with E-state index in [2.05, 4.69) is 20.9 Å². The van der Waals surface area contributed by atoms with Gasteiger partial charge in [0.2, 0.25) is 5.13 Å². The molecule has 8 heteroatoms. The van der Waals surface area contributed by atoms with Gasteiger partial charge < -0.3 is 10.1 Å². The average Bonchev–Trinajstić information content (AvgIpc) is 3.22. The SMILES string of the molecule is CCNc1nnc(SCc2csc(-c3ccccc3OC)n2)s1. The van der Waals surface area contributed by atoms with Crippen molar-refractivity contribution in [2.45, 2.75) is 17.0 Å². The van der Waals surface area contributed by atoms with Crippen LogP contribution < -0.4 is 10.1 Å². The number of benzene rings is 1. The molecule has 1 N–H and O–H groups in total. The largest absolute Gasteiger partial charge is 0.496 e. The normalized spacial score (nSPS) is 10.7. The fraction of sp³-hybridized carbons (Fsp3) is 0.267. The molecule has 120 valence electrons. The highest BCUT2D eigenvalue weighted by atomic mass is 32.2. The smallest absolute Gasteiger partial charge is 0.206 e. The van der Waals surface area contributed by atoms with Crippen molar-refractivity contribution in [3.05, 3.63) is 35.3 Å². The summed E-state index contributed by atoms with van der Waals surface area (Å²) in [5.74, 6) is 1.63. The van der Waals surface area contributed by atoms with E-state index in [1.807, 2.05) is 31.2 Å². The fourth-order valence-corrected chi connectivity index (χ4v) is 4.61. The van der Waals surface area contributed by atoms with Crippen LogP contribution >= 0.6 is 34.4 Å². The molecule has 3 rings (SSSR count). The topological polar surface area (TPSA) is 59.9 Å². The van der Waals surface area contributed by atoms with Gasteiger partial charge in [0.15, 0.2) is 4.34 Å². The monoisotopic (exact) mass is 364 g/mol. The Bertz CT molecular complexity index is 771. The second-order valence-corrected chi connectivity index (χ2v) is 7.59. The van der Waals surface area contributed by atoms with Crippen LogP contribution in [0.25, 0.3) is 10.6 Å². The number of hydrogen-bond acceptors (Lipinski definition) is 8. The van der Waals surface area contributed by atoms with Gasteiger partial charge in [0.1, 0.15) is 10.8 Å². The predicted molar refractivity (Wildman–Crippen MR) is 97.7 cm³/mol. The Kier molecular flexibility index (Phi) is 5.47. The molecular formula is C15H16N4OS3. The van der Waals surface area contributed by atoms with Gasteiger partial charge in [-0.3, -0.25) is 0 Å². The maximum absolute atomic E-state index is 5.40. The van der Waals surface area contributed by atoms with Crippen molar-refractivity contribution in [3.63, 3.8) is 0 Å². The molecule has 0 bridgehead atoms. The first kappa shape index (κ1) is 16.2. The summed E-state index contributed by atoms with van der Waals surface area (Å²) in [6.45, 7) is 2.90. The zero-order chi connectivity index (χ0) is 16.1. The van der Waals surface area contributed by atoms with E-state index in [0.29, 0.717) is 0 Å². The summed E-state index contributed by atoms with van der Waals surface area (Å²) in [5.41, 5.74) is 2.07. The zero-order valence-electron chi connectivity index (χ0n) is 12.8. The van der Waals surface area contributed by atoms with Crippen LogP contribution in [0.2, 0.25) is 0 Å². The van der Waals surface area contributed by atoms with Crippen LogP contribution in [0.15, 0.2) is 34.0 Å². The molecule has 0 fully saturated rings. The third-order valence-corrected chi connectivity index (χ3v) is 5.94.